The fourth-order valence-electron chi connectivity index (χ4n) is 1.53. The van der Waals surface area contributed by atoms with Crippen molar-refractivity contribution in [1.82, 2.24) is 20.1 Å². The van der Waals surface area contributed by atoms with E-state index >= 15 is 0 Å². The van der Waals surface area contributed by atoms with Crippen LogP contribution in [0.3, 0.4) is 0 Å². The summed E-state index contributed by atoms with van der Waals surface area (Å²) in [5.41, 5.74) is 5.19. The van der Waals surface area contributed by atoms with Crippen LogP contribution in [0, 0.1) is 0 Å². The lowest BCUT2D eigenvalue weighted by Gasteiger charge is -2.32. The third-order valence-electron chi connectivity index (χ3n) is 2.34. The summed E-state index contributed by atoms with van der Waals surface area (Å²) in [6.45, 7) is 0.812. The molecule has 2 rings (SSSR count). The van der Waals surface area contributed by atoms with Crippen LogP contribution in [-0.4, -0.2) is 57.7 Å². The van der Waals surface area contributed by atoms with Gasteiger partial charge >= 0.3 is 0 Å². The van der Waals surface area contributed by atoms with Crippen LogP contribution >= 0.6 is 0 Å². The molecule has 0 saturated carbocycles. The molecule has 1 aliphatic rings. The molecule has 16 heavy (non-hydrogen) atoms. The number of nitrogens with zero attached hydrogens (tertiary/aromatic N) is 3. The van der Waals surface area contributed by atoms with Crippen LogP contribution in [0.15, 0.2) is 6.33 Å². The maximum atomic E-state index is 11.9. The Morgan fingerprint density at radius 3 is 3.06 bits per heavy atom. The van der Waals surface area contributed by atoms with Gasteiger partial charge in [0.2, 0.25) is 11.7 Å². The van der Waals surface area contributed by atoms with E-state index in [4.69, 9.17) is 10.5 Å². The van der Waals surface area contributed by atoms with Crippen LogP contribution in [-0.2, 0) is 9.53 Å². The van der Waals surface area contributed by atoms with E-state index in [0.29, 0.717) is 13.2 Å². The smallest absolute Gasteiger partial charge is 0.292 e. The van der Waals surface area contributed by atoms with Gasteiger partial charge in [-0.05, 0) is 0 Å². The second-order valence-corrected chi connectivity index (χ2v) is 3.33. The number of primary amides is 1. The summed E-state index contributed by atoms with van der Waals surface area (Å²) in [7, 11) is 0. The number of H-pyrrole nitrogens is 1. The van der Waals surface area contributed by atoms with Crippen LogP contribution in [0.1, 0.15) is 10.6 Å². The molecule has 0 aromatic carbocycles. The summed E-state index contributed by atoms with van der Waals surface area (Å²) in [6, 6.07) is -0.744. The molecule has 0 radical (unpaired) electrons. The number of carbonyl (C=O) groups excluding carboxylic acids is 2. The minimum atomic E-state index is -0.744. The van der Waals surface area contributed by atoms with Crippen molar-refractivity contribution < 1.29 is 14.3 Å². The molecule has 1 aromatic rings. The van der Waals surface area contributed by atoms with Crippen LogP contribution in [0.2, 0.25) is 0 Å². The number of nitrogens with two attached hydrogens (primary N) is 1. The highest BCUT2D eigenvalue weighted by atomic mass is 16.5. The minimum Gasteiger partial charge on any atom is -0.377 e. The first-order valence-electron chi connectivity index (χ1n) is 4.73. The maximum Gasteiger partial charge on any atom is 0.292 e. The highest BCUT2D eigenvalue weighted by molar-refractivity contribution is 5.94. The van der Waals surface area contributed by atoms with Crippen molar-refractivity contribution in [3.63, 3.8) is 0 Å². The zero-order valence-corrected chi connectivity index (χ0v) is 8.42. The van der Waals surface area contributed by atoms with Crippen LogP contribution in [0.25, 0.3) is 0 Å². The van der Waals surface area contributed by atoms with Gasteiger partial charge in [0.1, 0.15) is 12.4 Å². The first kappa shape index (κ1) is 10.6. The molecule has 8 heteroatoms. The number of carbonyl (C=O) groups is 2. The molecule has 1 atom stereocenters. The number of aromatic amines is 1. The number of aromatic nitrogens is 3. The Morgan fingerprint density at radius 1 is 1.62 bits per heavy atom. The van der Waals surface area contributed by atoms with E-state index in [-0.39, 0.29) is 12.4 Å². The zero-order chi connectivity index (χ0) is 11.5. The Labute approximate surface area is 90.8 Å². The number of nitrogens with one attached hydrogen (secondary N) is 1. The average Bonchev–Trinajstić information content (AvgIpc) is 2.81. The topological polar surface area (TPSA) is 114 Å². The molecule has 1 aliphatic heterocycles. The van der Waals surface area contributed by atoms with Crippen LogP contribution < -0.4 is 5.73 Å². The van der Waals surface area contributed by atoms with Gasteiger partial charge in [-0.25, -0.2) is 4.98 Å². The van der Waals surface area contributed by atoms with Crippen molar-refractivity contribution in [2.45, 2.75) is 6.04 Å². The highest BCUT2D eigenvalue weighted by Gasteiger charge is 2.32. The first-order valence-corrected chi connectivity index (χ1v) is 4.73. The Bertz CT molecular complexity index is 390. The fourth-order valence-corrected chi connectivity index (χ4v) is 1.53. The van der Waals surface area contributed by atoms with Gasteiger partial charge in [-0.2, -0.15) is 5.10 Å². The first-order chi connectivity index (χ1) is 7.70. The summed E-state index contributed by atoms with van der Waals surface area (Å²) >= 11 is 0. The molecule has 2 heterocycles. The third kappa shape index (κ3) is 1.87. The maximum absolute atomic E-state index is 11.9. The molecule has 1 fully saturated rings. The zero-order valence-electron chi connectivity index (χ0n) is 8.42. The lowest BCUT2D eigenvalue weighted by atomic mass is 10.2. The average molecular weight is 225 g/mol. The van der Waals surface area contributed by atoms with Gasteiger partial charge in [-0.3, -0.25) is 14.7 Å². The molecule has 1 saturated heterocycles. The predicted molar refractivity (Wildman–Crippen MR) is 51.2 cm³/mol. The number of hydrogen-bond acceptors (Lipinski definition) is 5. The summed E-state index contributed by atoms with van der Waals surface area (Å²) in [5.74, 6) is -0.898. The lowest BCUT2D eigenvalue weighted by Crippen LogP contribution is -2.54. The van der Waals surface area contributed by atoms with Crippen molar-refractivity contribution in [2.75, 3.05) is 19.8 Å². The minimum absolute atomic E-state index is 0.0909. The van der Waals surface area contributed by atoms with Crippen molar-refractivity contribution in [2.24, 2.45) is 5.73 Å². The van der Waals surface area contributed by atoms with Gasteiger partial charge in [0.15, 0.2) is 0 Å². The van der Waals surface area contributed by atoms with E-state index in [9.17, 15) is 9.59 Å². The molecule has 86 valence electrons. The second-order valence-electron chi connectivity index (χ2n) is 3.33. The Balaban J connectivity index is 2.17. The fraction of sp³-hybridized carbons (Fsp3) is 0.500. The third-order valence-corrected chi connectivity index (χ3v) is 2.34. The monoisotopic (exact) mass is 225 g/mol. The summed E-state index contributed by atoms with van der Waals surface area (Å²) in [5, 5.41) is 6.03. The number of morpholine rings is 1. The highest BCUT2D eigenvalue weighted by Crippen LogP contribution is 2.09. The molecule has 8 nitrogen and oxygen atoms in total. The predicted octanol–water partition coefficient (Wildman–Crippen LogP) is -1.87. The molecule has 3 N–H and O–H groups in total. The van der Waals surface area contributed by atoms with Gasteiger partial charge in [0.05, 0.1) is 13.2 Å². The van der Waals surface area contributed by atoms with Crippen molar-refractivity contribution in [3.8, 4) is 0 Å². The SMILES string of the molecule is NC(=O)C1COCCN1C(=O)c1ncn[nH]1. The largest absolute Gasteiger partial charge is 0.377 e. The van der Waals surface area contributed by atoms with Crippen molar-refractivity contribution in [3.05, 3.63) is 12.2 Å². The number of ether oxygens (including phenoxy) is 1. The van der Waals surface area contributed by atoms with Crippen molar-refractivity contribution >= 4 is 11.8 Å². The number of hydrogen-bond donors (Lipinski definition) is 2. The Kier molecular flexibility index (Phi) is 2.82. The molecule has 0 aliphatic carbocycles. The van der Waals surface area contributed by atoms with E-state index in [1.54, 1.807) is 0 Å². The van der Waals surface area contributed by atoms with E-state index < -0.39 is 17.9 Å². The number of amides is 2. The van der Waals surface area contributed by atoms with Gasteiger partial charge in [0.25, 0.3) is 5.91 Å². The normalized spacial score (nSPS) is 20.8. The second kappa shape index (κ2) is 4.27. The standard InChI is InChI=1S/C8H11N5O3/c9-6(14)5-3-16-2-1-13(5)8(15)7-10-4-11-12-7/h4-5H,1-3H2,(H2,9,14)(H,10,11,12). The van der Waals surface area contributed by atoms with E-state index in [2.05, 4.69) is 15.2 Å². The molecule has 1 unspecified atom stereocenters. The number of rotatable bonds is 2. The molecule has 0 spiro atoms. The van der Waals surface area contributed by atoms with Gasteiger partial charge in [-0.15, -0.1) is 0 Å². The Hall–Kier alpha value is -1.96. The van der Waals surface area contributed by atoms with E-state index in [0.717, 1.165) is 0 Å². The molecular formula is C8H11N5O3. The van der Waals surface area contributed by atoms with Crippen molar-refractivity contribution in [1.29, 1.82) is 0 Å². The molecule has 1 aromatic heterocycles. The summed E-state index contributed by atoms with van der Waals surface area (Å²) in [6.07, 6.45) is 1.23. The van der Waals surface area contributed by atoms with E-state index in [1.807, 2.05) is 0 Å². The summed E-state index contributed by atoms with van der Waals surface area (Å²) < 4.78 is 5.10. The molecule has 0 bridgehead atoms. The summed E-state index contributed by atoms with van der Waals surface area (Å²) in [4.78, 5) is 28.1. The van der Waals surface area contributed by atoms with E-state index in [1.165, 1.54) is 11.2 Å². The van der Waals surface area contributed by atoms with Gasteiger partial charge < -0.3 is 15.4 Å². The Morgan fingerprint density at radius 2 is 2.44 bits per heavy atom. The quantitative estimate of drug-likeness (QED) is 0.612. The molecular weight excluding hydrogens is 214 g/mol. The van der Waals surface area contributed by atoms with Crippen LogP contribution in [0.5, 0.6) is 0 Å². The van der Waals surface area contributed by atoms with Gasteiger partial charge in [0, 0.05) is 6.54 Å². The van der Waals surface area contributed by atoms with Crippen LogP contribution in [0.4, 0.5) is 0 Å². The van der Waals surface area contributed by atoms with Gasteiger partial charge in [-0.1, -0.05) is 0 Å². The lowest BCUT2D eigenvalue weighted by molar-refractivity contribution is -0.127. The molecule has 2 amide bonds.